The van der Waals surface area contributed by atoms with E-state index in [2.05, 4.69) is 12.2 Å². The summed E-state index contributed by atoms with van der Waals surface area (Å²) in [5.41, 5.74) is 0.418. The van der Waals surface area contributed by atoms with Crippen molar-refractivity contribution >= 4 is 11.6 Å². The quantitative estimate of drug-likeness (QED) is 0.390. The molecule has 1 fully saturated rings. The van der Waals surface area contributed by atoms with Crippen LogP contribution >= 0.6 is 11.6 Å². The largest absolute Gasteiger partial charge is 0.316 e. The summed E-state index contributed by atoms with van der Waals surface area (Å²) in [7, 11) is 0. The topological polar surface area (TPSA) is 12.0 Å². The minimum Gasteiger partial charge on any atom is -0.316 e. The Labute approximate surface area is 125 Å². The Balaban J connectivity index is 1.94. The first-order valence-corrected chi connectivity index (χ1v) is 9.13. The zero-order valence-corrected chi connectivity index (χ0v) is 13.7. The average Bonchev–Trinajstić information content (AvgIpc) is 2.46. The number of nitrogens with one attached hydrogen (secondary N) is 1. The Hall–Kier alpha value is 0.250. The summed E-state index contributed by atoms with van der Waals surface area (Å²) in [6, 6.07) is 0. The van der Waals surface area contributed by atoms with Gasteiger partial charge in [-0.2, -0.15) is 0 Å². The summed E-state index contributed by atoms with van der Waals surface area (Å²) in [4.78, 5) is 0. The smallest absolute Gasteiger partial charge is 0.0292 e. The Morgan fingerprint density at radius 1 is 0.895 bits per heavy atom. The molecule has 2 heteroatoms. The number of alkyl halides is 1. The number of unbranched alkanes of at least 4 members (excludes halogenated alkanes) is 6. The monoisotopic (exact) mass is 287 g/mol. The van der Waals surface area contributed by atoms with Gasteiger partial charge in [-0.3, -0.25) is 0 Å². The molecule has 0 heterocycles. The standard InChI is InChI=1S/C17H34ClN/c1-2-3-4-5-6-7-11-14-19-16-17(15-18)12-9-8-10-13-17/h19H,2-16H2,1H3. The van der Waals surface area contributed by atoms with Crippen molar-refractivity contribution in [2.24, 2.45) is 5.41 Å². The third kappa shape index (κ3) is 7.56. The highest BCUT2D eigenvalue weighted by molar-refractivity contribution is 6.18. The van der Waals surface area contributed by atoms with Crippen LogP contribution in [0.15, 0.2) is 0 Å². The van der Waals surface area contributed by atoms with Crippen molar-refractivity contribution in [2.45, 2.75) is 84.0 Å². The number of rotatable bonds is 11. The fraction of sp³-hybridized carbons (Fsp3) is 1.00. The van der Waals surface area contributed by atoms with Gasteiger partial charge in [-0.1, -0.05) is 64.7 Å². The van der Waals surface area contributed by atoms with Crippen molar-refractivity contribution < 1.29 is 0 Å². The lowest BCUT2D eigenvalue weighted by molar-refractivity contribution is 0.212. The average molecular weight is 288 g/mol. The molecule has 0 amide bonds. The molecule has 19 heavy (non-hydrogen) atoms. The second-order valence-electron chi connectivity index (χ2n) is 6.49. The molecule has 0 saturated heterocycles. The highest BCUT2D eigenvalue weighted by Crippen LogP contribution is 2.36. The third-order valence-electron chi connectivity index (χ3n) is 4.65. The van der Waals surface area contributed by atoms with Crippen molar-refractivity contribution in [3.63, 3.8) is 0 Å². The zero-order valence-electron chi connectivity index (χ0n) is 13.0. The van der Waals surface area contributed by atoms with Gasteiger partial charge in [-0.15, -0.1) is 11.6 Å². The maximum atomic E-state index is 6.21. The van der Waals surface area contributed by atoms with E-state index in [4.69, 9.17) is 11.6 Å². The fourth-order valence-corrected chi connectivity index (χ4v) is 3.58. The van der Waals surface area contributed by atoms with Gasteiger partial charge in [0.15, 0.2) is 0 Å². The summed E-state index contributed by atoms with van der Waals surface area (Å²) in [6.07, 6.45) is 16.6. The molecule has 0 aromatic rings. The van der Waals surface area contributed by atoms with Crippen LogP contribution in [-0.4, -0.2) is 19.0 Å². The van der Waals surface area contributed by atoms with E-state index in [0.29, 0.717) is 5.41 Å². The Bertz CT molecular complexity index is 199. The van der Waals surface area contributed by atoms with E-state index in [0.717, 1.165) is 12.4 Å². The molecule has 0 spiro atoms. The van der Waals surface area contributed by atoms with Gasteiger partial charge in [-0.25, -0.2) is 0 Å². The Morgan fingerprint density at radius 2 is 1.53 bits per heavy atom. The summed E-state index contributed by atoms with van der Waals surface area (Å²) in [6.45, 7) is 4.61. The lowest BCUT2D eigenvalue weighted by Gasteiger charge is -2.35. The van der Waals surface area contributed by atoms with E-state index >= 15 is 0 Å². The zero-order chi connectivity index (χ0) is 13.8. The van der Waals surface area contributed by atoms with Crippen LogP contribution in [0.25, 0.3) is 0 Å². The lowest BCUT2D eigenvalue weighted by atomic mass is 9.75. The summed E-state index contributed by atoms with van der Waals surface area (Å²) >= 11 is 6.21. The van der Waals surface area contributed by atoms with Crippen LogP contribution in [0.1, 0.15) is 84.0 Å². The van der Waals surface area contributed by atoms with E-state index in [1.54, 1.807) is 0 Å². The molecule has 1 N–H and O–H groups in total. The molecule has 1 nitrogen and oxygen atoms in total. The highest BCUT2D eigenvalue weighted by atomic mass is 35.5. The molecule has 0 atom stereocenters. The molecule has 1 aliphatic carbocycles. The van der Waals surface area contributed by atoms with Gasteiger partial charge in [-0.05, 0) is 31.2 Å². The van der Waals surface area contributed by atoms with E-state index in [1.807, 2.05) is 0 Å². The molecule has 1 saturated carbocycles. The molecule has 114 valence electrons. The van der Waals surface area contributed by atoms with Gasteiger partial charge >= 0.3 is 0 Å². The van der Waals surface area contributed by atoms with Crippen LogP contribution in [0.5, 0.6) is 0 Å². The first kappa shape index (κ1) is 17.3. The number of hydrogen-bond donors (Lipinski definition) is 1. The molecular formula is C17H34ClN. The SMILES string of the molecule is CCCCCCCCCNCC1(CCl)CCCCC1. The third-order valence-corrected chi connectivity index (χ3v) is 5.22. The predicted octanol–water partition coefficient (Wildman–Crippen LogP) is 5.52. The lowest BCUT2D eigenvalue weighted by Crippen LogP contribution is -2.38. The van der Waals surface area contributed by atoms with Crippen molar-refractivity contribution in [1.29, 1.82) is 0 Å². The van der Waals surface area contributed by atoms with Crippen LogP contribution in [-0.2, 0) is 0 Å². The highest BCUT2D eigenvalue weighted by Gasteiger charge is 2.30. The van der Waals surface area contributed by atoms with Crippen molar-refractivity contribution in [1.82, 2.24) is 5.32 Å². The molecule has 1 rings (SSSR count). The summed E-state index contributed by atoms with van der Waals surface area (Å²) in [5.74, 6) is 0.844. The van der Waals surface area contributed by atoms with Gasteiger partial charge in [0.1, 0.15) is 0 Å². The second-order valence-corrected chi connectivity index (χ2v) is 6.76. The van der Waals surface area contributed by atoms with Gasteiger partial charge in [0.2, 0.25) is 0 Å². The molecule has 1 aliphatic rings. The van der Waals surface area contributed by atoms with Crippen LogP contribution in [0.3, 0.4) is 0 Å². The molecule has 0 bridgehead atoms. The minimum atomic E-state index is 0.418. The predicted molar refractivity (Wildman–Crippen MR) is 87.1 cm³/mol. The van der Waals surface area contributed by atoms with Crippen LogP contribution in [0, 0.1) is 5.41 Å². The fourth-order valence-electron chi connectivity index (χ4n) is 3.22. The minimum absolute atomic E-state index is 0.418. The second kappa shape index (κ2) is 11.0. The molecule has 0 unspecified atom stereocenters. The maximum absolute atomic E-state index is 6.21. The normalized spacial score (nSPS) is 18.6. The van der Waals surface area contributed by atoms with E-state index < -0.39 is 0 Å². The number of halogens is 1. The van der Waals surface area contributed by atoms with E-state index in [1.165, 1.54) is 83.6 Å². The Kier molecular flexibility index (Phi) is 9.99. The Morgan fingerprint density at radius 3 is 2.16 bits per heavy atom. The first-order chi connectivity index (χ1) is 9.33. The molecular weight excluding hydrogens is 254 g/mol. The van der Waals surface area contributed by atoms with Crippen LogP contribution in [0.4, 0.5) is 0 Å². The van der Waals surface area contributed by atoms with Gasteiger partial charge in [0.05, 0.1) is 0 Å². The molecule has 0 aromatic heterocycles. The van der Waals surface area contributed by atoms with Crippen molar-refractivity contribution in [2.75, 3.05) is 19.0 Å². The molecule has 0 radical (unpaired) electrons. The summed E-state index contributed by atoms with van der Waals surface area (Å²) in [5, 5.41) is 3.66. The van der Waals surface area contributed by atoms with Gasteiger partial charge in [0.25, 0.3) is 0 Å². The molecule has 0 aromatic carbocycles. The van der Waals surface area contributed by atoms with Crippen LogP contribution < -0.4 is 5.32 Å². The van der Waals surface area contributed by atoms with Crippen molar-refractivity contribution in [3.8, 4) is 0 Å². The van der Waals surface area contributed by atoms with Crippen LogP contribution in [0.2, 0.25) is 0 Å². The van der Waals surface area contributed by atoms with Gasteiger partial charge in [0, 0.05) is 12.4 Å². The maximum Gasteiger partial charge on any atom is 0.0292 e. The summed E-state index contributed by atoms with van der Waals surface area (Å²) < 4.78 is 0. The first-order valence-electron chi connectivity index (χ1n) is 8.60. The van der Waals surface area contributed by atoms with E-state index in [9.17, 15) is 0 Å². The van der Waals surface area contributed by atoms with Crippen molar-refractivity contribution in [3.05, 3.63) is 0 Å². The molecule has 0 aliphatic heterocycles. The van der Waals surface area contributed by atoms with Gasteiger partial charge < -0.3 is 5.32 Å². The number of hydrogen-bond acceptors (Lipinski definition) is 1. The van der Waals surface area contributed by atoms with E-state index in [-0.39, 0.29) is 0 Å².